The third-order valence-electron chi connectivity index (χ3n) is 2.81. The van der Waals surface area contributed by atoms with E-state index in [2.05, 4.69) is 12.1 Å². The Bertz CT molecular complexity index is 439. The van der Waals surface area contributed by atoms with E-state index in [0.717, 1.165) is 25.4 Å². The van der Waals surface area contributed by atoms with E-state index in [0.29, 0.717) is 23.8 Å². The summed E-state index contributed by atoms with van der Waals surface area (Å²) < 4.78 is 15.9. The van der Waals surface area contributed by atoms with Crippen LogP contribution in [0.2, 0.25) is 5.02 Å². The highest BCUT2D eigenvalue weighted by atomic mass is 35.5. The second kappa shape index (κ2) is 14.2. The second-order valence-electron chi connectivity index (χ2n) is 4.65. The minimum atomic E-state index is 0.161. The van der Waals surface area contributed by atoms with Crippen LogP contribution in [0.1, 0.15) is 40.5 Å². The summed E-state index contributed by atoms with van der Waals surface area (Å²) >= 11 is 6.08. The Morgan fingerprint density at radius 2 is 1.96 bits per heavy atom. The van der Waals surface area contributed by atoms with Crippen LogP contribution in [-0.2, 0) is 4.74 Å². The van der Waals surface area contributed by atoms with Gasteiger partial charge in [-0.3, -0.25) is 0 Å². The largest absolute Gasteiger partial charge is 0.492 e. The summed E-state index contributed by atoms with van der Waals surface area (Å²) in [5.41, 5.74) is 0. The van der Waals surface area contributed by atoms with E-state index in [4.69, 9.17) is 31.0 Å². The Hall–Kier alpha value is -1.46. The molecule has 1 unspecified atom stereocenters. The number of hydrogen-bond acceptors (Lipinski definition) is 5. The van der Waals surface area contributed by atoms with Gasteiger partial charge in [-0.05, 0) is 39.3 Å². The number of hydrogen-bond donors (Lipinski definition) is 1. The van der Waals surface area contributed by atoms with Gasteiger partial charge >= 0.3 is 0 Å². The van der Waals surface area contributed by atoms with E-state index in [1.165, 1.54) is 6.21 Å². The maximum atomic E-state index is 8.23. The van der Waals surface area contributed by atoms with Crippen molar-refractivity contribution in [2.75, 3.05) is 19.8 Å². The zero-order chi connectivity index (χ0) is 17.5. The van der Waals surface area contributed by atoms with Crippen molar-refractivity contribution in [3.8, 4) is 11.5 Å². The highest BCUT2D eigenvalue weighted by Gasteiger charge is 2.06. The molecule has 0 radical (unpaired) electrons. The van der Waals surface area contributed by atoms with Crippen LogP contribution in [0.3, 0.4) is 0 Å². The van der Waals surface area contributed by atoms with Gasteiger partial charge in [0.25, 0.3) is 0 Å². The number of benzene rings is 1. The van der Waals surface area contributed by atoms with Crippen LogP contribution in [-0.4, -0.2) is 37.3 Å². The molecule has 0 saturated carbocycles. The summed E-state index contributed by atoms with van der Waals surface area (Å²) in [6.45, 7) is 10.1. The summed E-state index contributed by atoms with van der Waals surface area (Å²) in [5.74, 6) is 1.33. The maximum Gasteiger partial charge on any atom is 0.138 e. The lowest BCUT2D eigenvalue weighted by molar-refractivity contribution is 0.162. The van der Waals surface area contributed by atoms with E-state index >= 15 is 0 Å². The quantitative estimate of drug-likeness (QED) is 0.302. The third kappa shape index (κ3) is 10.8. The number of halogens is 1. The molecular weight excluding hydrogens is 318 g/mol. The Labute approximate surface area is 144 Å². The van der Waals surface area contributed by atoms with Gasteiger partial charge in [0.15, 0.2) is 0 Å². The molecule has 132 valence electrons. The molecule has 6 heteroatoms. The fraction of sp³-hybridized carbons (Fsp3) is 0.588. The maximum absolute atomic E-state index is 8.23. The van der Waals surface area contributed by atoms with Crippen molar-refractivity contribution in [1.82, 2.24) is 0 Å². The molecule has 1 rings (SSSR count). The molecule has 0 amide bonds. The molecule has 0 aliphatic heterocycles. The highest BCUT2D eigenvalue weighted by molar-refractivity contribution is 6.32. The van der Waals surface area contributed by atoms with Crippen LogP contribution in [0.4, 0.5) is 0 Å². The van der Waals surface area contributed by atoms with Crippen LogP contribution in [0.5, 0.6) is 11.5 Å². The molecule has 0 aliphatic rings. The normalized spacial score (nSPS) is 11.7. The molecule has 0 aliphatic carbocycles. The highest BCUT2D eigenvalue weighted by Crippen LogP contribution is 2.29. The minimum absolute atomic E-state index is 0.161. The van der Waals surface area contributed by atoms with Gasteiger partial charge in [-0.2, -0.15) is 0 Å². The average Bonchev–Trinajstić information content (AvgIpc) is 2.54. The lowest BCUT2D eigenvalue weighted by Gasteiger charge is -2.14. The smallest absolute Gasteiger partial charge is 0.138 e. The van der Waals surface area contributed by atoms with Crippen LogP contribution in [0, 0.1) is 0 Å². The molecule has 1 aromatic carbocycles. The first-order chi connectivity index (χ1) is 11.1. The number of ether oxygens (including phenoxy) is 3. The average molecular weight is 346 g/mol. The molecule has 0 spiro atoms. The Morgan fingerprint density at radius 3 is 2.43 bits per heavy atom. The van der Waals surface area contributed by atoms with Crippen molar-refractivity contribution in [1.29, 1.82) is 0 Å². The van der Waals surface area contributed by atoms with Crippen molar-refractivity contribution in [3.05, 3.63) is 23.2 Å². The molecule has 0 heterocycles. The van der Waals surface area contributed by atoms with Gasteiger partial charge in [-0.25, -0.2) is 0 Å². The lowest BCUT2D eigenvalue weighted by Crippen LogP contribution is -2.09. The first-order valence-corrected chi connectivity index (χ1v) is 8.29. The summed E-state index contributed by atoms with van der Waals surface area (Å²) in [7, 11) is 0. The van der Waals surface area contributed by atoms with Crippen LogP contribution in [0.25, 0.3) is 0 Å². The van der Waals surface area contributed by atoms with E-state index in [1.807, 2.05) is 26.8 Å². The van der Waals surface area contributed by atoms with Gasteiger partial charge in [0, 0.05) is 31.9 Å². The van der Waals surface area contributed by atoms with Gasteiger partial charge < -0.3 is 19.4 Å². The molecule has 1 atom stereocenters. The summed E-state index contributed by atoms with van der Waals surface area (Å²) in [4.78, 5) is 0. The number of oxime groups is 1. The molecular formula is C17H28ClNO4. The molecule has 0 saturated heterocycles. The van der Waals surface area contributed by atoms with Crippen molar-refractivity contribution >= 4 is 17.8 Å². The number of rotatable bonds is 9. The van der Waals surface area contributed by atoms with Gasteiger partial charge in [-0.1, -0.05) is 18.5 Å². The molecule has 1 aromatic rings. The van der Waals surface area contributed by atoms with E-state index in [9.17, 15) is 0 Å². The molecule has 5 nitrogen and oxygen atoms in total. The second-order valence-corrected chi connectivity index (χ2v) is 5.05. The molecule has 1 N–H and O–H groups in total. The van der Waals surface area contributed by atoms with Crippen molar-refractivity contribution < 1.29 is 19.4 Å². The monoisotopic (exact) mass is 345 g/mol. The third-order valence-corrected chi connectivity index (χ3v) is 3.11. The van der Waals surface area contributed by atoms with E-state index in [1.54, 1.807) is 12.1 Å². The van der Waals surface area contributed by atoms with Crippen molar-refractivity contribution in [2.45, 2.75) is 46.6 Å². The zero-order valence-corrected chi connectivity index (χ0v) is 15.2. The first-order valence-electron chi connectivity index (χ1n) is 7.91. The molecule has 23 heavy (non-hydrogen) atoms. The van der Waals surface area contributed by atoms with Gasteiger partial charge in [0.2, 0.25) is 0 Å². The standard InChI is InChI=1S/C13H18ClNO3.C4H10O/c1-3-10(2)18-11-5-6-13(12(14)9-11)17-8-4-7-15-16;1-3-5-4-2/h5-7,9-10,16H,3-4,8H2,1-2H3;3-4H2,1-2H3/b15-7-;. The minimum Gasteiger partial charge on any atom is -0.492 e. The number of nitrogens with zero attached hydrogens (tertiary/aromatic N) is 1. The van der Waals surface area contributed by atoms with Crippen LogP contribution >= 0.6 is 11.6 Å². The van der Waals surface area contributed by atoms with Gasteiger partial charge in [0.1, 0.15) is 11.5 Å². The van der Waals surface area contributed by atoms with Gasteiger partial charge in [-0.15, -0.1) is 5.16 Å². The van der Waals surface area contributed by atoms with E-state index < -0.39 is 0 Å². The van der Waals surface area contributed by atoms with E-state index in [-0.39, 0.29) is 6.10 Å². The summed E-state index contributed by atoms with van der Waals surface area (Å²) in [6, 6.07) is 5.34. The Balaban J connectivity index is 0.000000841. The fourth-order valence-electron chi connectivity index (χ4n) is 1.47. The van der Waals surface area contributed by atoms with Gasteiger partial charge in [0.05, 0.1) is 17.7 Å². The Kier molecular flexibility index (Phi) is 13.3. The summed E-state index contributed by atoms with van der Waals surface area (Å²) in [5, 5.41) is 11.6. The topological polar surface area (TPSA) is 60.3 Å². The van der Waals surface area contributed by atoms with Crippen LogP contribution in [0.15, 0.2) is 23.4 Å². The lowest BCUT2D eigenvalue weighted by atomic mass is 10.3. The molecule has 0 aromatic heterocycles. The molecule has 0 bridgehead atoms. The zero-order valence-electron chi connectivity index (χ0n) is 14.4. The summed E-state index contributed by atoms with van der Waals surface area (Å²) in [6.07, 6.45) is 3.00. The SMILES string of the molecule is CCC(C)Oc1ccc(OCC/C=N\O)c(Cl)c1.CCOCC. The fourth-order valence-corrected chi connectivity index (χ4v) is 1.70. The van der Waals surface area contributed by atoms with Crippen LogP contribution < -0.4 is 9.47 Å². The Morgan fingerprint density at radius 1 is 1.26 bits per heavy atom. The predicted octanol–water partition coefficient (Wildman–Crippen LogP) is 4.79. The van der Waals surface area contributed by atoms with Crippen molar-refractivity contribution in [2.24, 2.45) is 5.16 Å². The first kappa shape index (κ1) is 21.5. The van der Waals surface area contributed by atoms with Crippen molar-refractivity contribution in [3.63, 3.8) is 0 Å². The molecule has 0 fully saturated rings. The predicted molar refractivity (Wildman–Crippen MR) is 94.4 cm³/mol.